The van der Waals surface area contributed by atoms with Gasteiger partial charge in [0.15, 0.2) is 0 Å². The number of hydrogen-bond donors (Lipinski definition) is 2. The first-order valence-corrected chi connectivity index (χ1v) is 4.91. The molecule has 0 unspecified atom stereocenters. The molecule has 1 atom stereocenters. The summed E-state index contributed by atoms with van der Waals surface area (Å²) >= 11 is 5.57. The molecule has 1 aromatic carbocycles. The van der Waals surface area contributed by atoms with Crippen LogP contribution >= 0.6 is 24.0 Å². The molecule has 0 saturated heterocycles. The molecule has 84 valence electrons. The van der Waals surface area contributed by atoms with Crippen molar-refractivity contribution < 1.29 is 9.50 Å². The zero-order chi connectivity index (χ0) is 10.3. The lowest BCUT2D eigenvalue weighted by Crippen LogP contribution is -2.12. The number of hydrogen-bond acceptors (Lipinski definition) is 2. The van der Waals surface area contributed by atoms with E-state index < -0.39 is 5.82 Å². The summed E-state index contributed by atoms with van der Waals surface area (Å²) in [6.45, 7) is 0. The third-order valence-electron chi connectivity index (χ3n) is 2.59. The van der Waals surface area contributed by atoms with E-state index in [-0.39, 0.29) is 29.2 Å². The highest BCUT2D eigenvalue weighted by Crippen LogP contribution is 2.43. The van der Waals surface area contributed by atoms with E-state index >= 15 is 0 Å². The highest BCUT2D eigenvalue weighted by molar-refractivity contribution is 6.32. The highest BCUT2D eigenvalue weighted by Gasteiger charge is 2.31. The average Bonchev–Trinajstić information content (AvgIpc) is 2.97. The minimum atomic E-state index is -0.615. The Morgan fingerprint density at radius 2 is 2.07 bits per heavy atom. The fourth-order valence-electron chi connectivity index (χ4n) is 1.53. The minimum Gasteiger partial charge on any atom is -0.506 e. The van der Waals surface area contributed by atoms with Gasteiger partial charge in [-0.2, -0.15) is 0 Å². The van der Waals surface area contributed by atoms with Crippen molar-refractivity contribution in [2.75, 3.05) is 0 Å². The van der Waals surface area contributed by atoms with Gasteiger partial charge in [0.25, 0.3) is 0 Å². The highest BCUT2D eigenvalue weighted by atomic mass is 35.5. The molecule has 0 bridgehead atoms. The van der Waals surface area contributed by atoms with Crippen LogP contribution < -0.4 is 5.73 Å². The van der Waals surface area contributed by atoms with Gasteiger partial charge >= 0.3 is 0 Å². The van der Waals surface area contributed by atoms with Crippen molar-refractivity contribution in [2.45, 2.75) is 18.9 Å². The van der Waals surface area contributed by atoms with Gasteiger partial charge < -0.3 is 10.8 Å². The van der Waals surface area contributed by atoms with Crippen molar-refractivity contribution in [3.8, 4) is 5.75 Å². The van der Waals surface area contributed by atoms with Crippen LogP contribution in [0.25, 0.3) is 0 Å². The Labute approximate surface area is 98.6 Å². The van der Waals surface area contributed by atoms with E-state index in [9.17, 15) is 9.50 Å². The third-order valence-corrected chi connectivity index (χ3v) is 2.95. The Morgan fingerprint density at radius 3 is 2.60 bits per heavy atom. The lowest BCUT2D eigenvalue weighted by molar-refractivity contribution is 0.450. The SMILES string of the molecule is Cl.N[C@H](c1ccc(F)c(Cl)c1O)C1CC1. The van der Waals surface area contributed by atoms with Crippen molar-refractivity contribution >= 4 is 24.0 Å². The van der Waals surface area contributed by atoms with Gasteiger partial charge in [0.1, 0.15) is 16.6 Å². The lowest BCUT2D eigenvalue weighted by atomic mass is 10.0. The number of phenols is 1. The topological polar surface area (TPSA) is 46.2 Å². The number of nitrogens with two attached hydrogens (primary N) is 1. The Kier molecular flexibility index (Phi) is 3.82. The van der Waals surface area contributed by atoms with Gasteiger partial charge in [-0.25, -0.2) is 4.39 Å². The van der Waals surface area contributed by atoms with Crippen molar-refractivity contribution in [1.29, 1.82) is 0 Å². The first-order valence-electron chi connectivity index (χ1n) is 4.53. The molecular formula is C10H12Cl2FNO. The minimum absolute atomic E-state index is 0. The average molecular weight is 252 g/mol. The number of phenolic OH excluding ortho intramolecular Hbond substituents is 1. The molecule has 1 aromatic rings. The molecule has 1 saturated carbocycles. The molecule has 0 aromatic heterocycles. The first-order chi connectivity index (χ1) is 6.61. The Bertz CT molecular complexity index is 369. The molecule has 0 aliphatic heterocycles. The van der Waals surface area contributed by atoms with Crippen LogP contribution in [0.4, 0.5) is 4.39 Å². The second kappa shape index (κ2) is 4.56. The first kappa shape index (κ1) is 12.6. The summed E-state index contributed by atoms with van der Waals surface area (Å²) in [4.78, 5) is 0. The summed E-state index contributed by atoms with van der Waals surface area (Å²) in [7, 11) is 0. The summed E-state index contributed by atoms with van der Waals surface area (Å²) in [5.74, 6) is -0.426. The third kappa shape index (κ3) is 2.36. The van der Waals surface area contributed by atoms with Crippen LogP contribution in [0.3, 0.4) is 0 Å². The molecule has 5 heteroatoms. The van der Waals surface area contributed by atoms with E-state index in [1.165, 1.54) is 12.1 Å². The van der Waals surface area contributed by atoms with E-state index in [2.05, 4.69) is 0 Å². The molecule has 1 aliphatic carbocycles. The fourth-order valence-corrected chi connectivity index (χ4v) is 1.71. The normalized spacial score (nSPS) is 17.0. The smallest absolute Gasteiger partial charge is 0.145 e. The summed E-state index contributed by atoms with van der Waals surface area (Å²) in [5.41, 5.74) is 6.42. The fraction of sp³-hybridized carbons (Fsp3) is 0.400. The van der Waals surface area contributed by atoms with Gasteiger partial charge in [-0.15, -0.1) is 12.4 Å². The summed E-state index contributed by atoms with van der Waals surface area (Å²) in [6, 6.07) is 2.51. The van der Waals surface area contributed by atoms with Crippen LogP contribution in [0.1, 0.15) is 24.4 Å². The van der Waals surface area contributed by atoms with Crippen LogP contribution in [-0.2, 0) is 0 Å². The standard InChI is InChI=1S/C10H11ClFNO.ClH/c11-8-7(12)4-3-6(10(8)14)9(13)5-1-2-5;/h3-5,9,14H,1-2,13H2;1H/t9-;/m0./s1. The summed E-state index contributed by atoms with van der Waals surface area (Å²) in [6.07, 6.45) is 2.13. The zero-order valence-corrected chi connectivity index (χ0v) is 9.48. The quantitative estimate of drug-likeness (QED) is 0.849. The lowest BCUT2D eigenvalue weighted by Gasteiger charge is -2.13. The van der Waals surface area contributed by atoms with Crippen molar-refractivity contribution in [2.24, 2.45) is 11.7 Å². The molecule has 15 heavy (non-hydrogen) atoms. The van der Waals surface area contributed by atoms with E-state index in [1.54, 1.807) is 0 Å². The summed E-state index contributed by atoms with van der Waals surface area (Å²) in [5, 5.41) is 9.34. The molecule has 0 amide bonds. The van der Waals surface area contributed by atoms with Gasteiger partial charge in [-0.1, -0.05) is 17.7 Å². The van der Waals surface area contributed by atoms with Gasteiger partial charge in [0, 0.05) is 11.6 Å². The molecular weight excluding hydrogens is 240 g/mol. The second-order valence-electron chi connectivity index (χ2n) is 3.66. The maximum atomic E-state index is 12.9. The molecule has 0 radical (unpaired) electrons. The largest absolute Gasteiger partial charge is 0.506 e. The maximum absolute atomic E-state index is 12.9. The molecule has 3 N–H and O–H groups in total. The Hall–Kier alpha value is -0.510. The van der Waals surface area contributed by atoms with E-state index in [4.69, 9.17) is 17.3 Å². The molecule has 2 nitrogen and oxygen atoms in total. The van der Waals surface area contributed by atoms with Crippen molar-refractivity contribution in [3.63, 3.8) is 0 Å². The zero-order valence-electron chi connectivity index (χ0n) is 7.91. The number of aromatic hydroxyl groups is 1. The van der Waals surface area contributed by atoms with Crippen molar-refractivity contribution in [1.82, 2.24) is 0 Å². The number of benzene rings is 1. The van der Waals surface area contributed by atoms with Crippen LogP contribution in [0.15, 0.2) is 12.1 Å². The van der Waals surface area contributed by atoms with E-state index in [0.717, 1.165) is 12.8 Å². The molecule has 1 aliphatic rings. The second-order valence-corrected chi connectivity index (χ2v) is 4.04. The summed E-state index contributed by atoms with van der Waals surface area (Å²) < 4.78 is 12.9. The van der Waals surface area contributed by atoms with Gasteiger partial charge in [0.05, 0.1) is 0 Å². The molecule has 1 fully saturated rings. The maximum Gasteiger partial charge on any atom is 0.145 e. The van der Waals surface area contributed by atoms with Gasteiger partial charge in [-0.05, 0) is 24.8 Å². The Balaban J connectivity index is 0.00000112. The van der Waals surface area contributed by atoms with Crippen LogP contribution in [0.2, 0.25) is 5.02 Å². The van der Waals surface area contributed by atoms with Crippen molar-refractivity contribution in [3.05, 3.63) is 28.5 Å². The molecule has 0 heterocycles. The predicted molar refractivity (Wildman–Crippen MR) is 60.0 cm³/mol. The van der Waals surface area contributed by atoms with Crippen LogP contribution in [0, 0.1) is 11.7 Å². The Morgan fingerprint density at radius 1 is 1.47 bits per heavy atom. The van der Waals surface area contributed by atoms with Gasteiger partial charge in [0.2, 0.25) is 0 Å². The van der Waals surface area contributed by atoms with E-state index in [0.29, 0.717) is 11.5 Å². The van der Waals surface area contributed by atoms with Gasteiger partial charge in [-0.3, -0.25) is 0 Å². The number of halogens is 3. The van der Waals surface area contributed by atoms with Crippen LogP contribution in [-0.4, -0.2) is 5.11 Å². The predicted octanol–water partition coefficient (Wildman–Crippen LogP) is 3.02. The van der Waals surface area contributed by atoms with E-state index in [1.807, 2.05) is 0 Å². The molecule has 0 spiro atoms. The van der Waals surface area contributed by atoms with Crippen LogP contribution in [0.5, 0.6) is 5.75 Å². The molecule has 2 rings (SSSR count). The number of rotatable bonds is 2. The monoisotopic (exact) mass is 251 g/mol.